The summed E-state index contributed by atoms with van der Waals surface area (Å²) in [4.78, 5) is 12.6. The highest BCUT2D eigenvalue weighted by molar-refractivity contribution is 7.90. The van der Waals surface area contributed by atoms with Gasteiger partial charge in [-0.05, 0) is 148 Å². The van der Waals surface area contributed by atoms with Crippen molar-refractivity contribution in [1.82, 2.24) is 4.72 Å². The maximum absolute atomic E-state index is 12.9. The van der Waals surface area contributed by atoms with Gasteiger partial charge in [0.15, 0.2) is 0 Å². The van der Waals surface area contributed by atoms with Crippen molar-refractivity contribution in [3.63, 3.8) is 0 Å². The van der Waals surface area contributed by atoms with Crippen molar-refractivity contribution in [2.45, 2.75) is 121 Å². The third-order valence-electron chi connectivity index (χ3n) is 12.8. The Morgan fingerprint density at radius 1 is 0.953 bits per heavy atom. The Bertz CT molecular complexity index is 1260. The summed E-state index contributed by atoms with van der Waals surface area (Å²) in [6.45, 7) is 7.05. The number of carbonyl (C=O) groups excluding carboxylic acids is 1. The number of aliphatic hydroxyl groups excluding tert-OH is 2. The summed E-state index contributed by atoms with van der Waals surface area (Å²) in [7, 11) is -4.06. The van der Waals surface area contributed by atoms with Crippen LogP contribution in [0.15, 0.2) is 29.2 Å². The molecule has 0 bridgehead atoms. The first-order chi connectivity index (χ1) is 20.4. The van der Waals surface area contributed by atoms with Crippen molar-refractivity contribution >= 4 is 16.1 Å². The van der Waals surface area contributed by atoms with Crippen LogP contribution >= 0.6 is 0 Å². The van der Waals surface area contributed by atoms with Crippen molar-refractivity contribution < 1.29 is 32.9 Å². The van der Waals surface area contributed by atoms with E-state index in [4.69, 9.17) is 9.47 Å². The van der Waals surface area contributed by atoms with Gasteiger partial charge in [0.25, 0.3) is 10.0 Å². The summed E-state index contributed by atoms with van der Waals surface area (Å²) in [5, 5.41) is 21.8. The van der Waals surface area contributed by atoms with Crippen LogP contribution in [0.1, 0.15) is 97.8 Å². The Labute approximate surface area is 257 Å². The van der Waals surface area contributed by atoms with E-state index in [9.17, 15) is 23.4 Å². The van der Waals surface area contributed by atoms with E-state index in [-0.39, 0.29) is 52.5 Å². The summed E-state index contributed by atoms with van der Waals surface area (Å²) in [6, 6.07) is 6.17. The minimum absolute atomic E-state index is 0.00590. The number of rotatable bonds is 7. The van der Waals surface area contributed by atoms with Gasteiger partial charge in [-0.1, -0.05) is 20.8 Å². The fourth-order valence-electron chi connectivity index (χ4n) is 10.6. The van der Waals surface area contributed by atoms with Gasteiger partial charge in [-0.2, -0.15) is 0 Å². The average molecular weight is 618 g/mol. The van der Waals surface area contributed by atoms with Gasteiger partial charge < -0.3 is 19.7 Å². The second kappa shape index (κ2) is 11.8. The molecule has 5 aliphatic carbocycles. The molecule has 240 valence electrons. The zero-order chi connectivity index (χ0) is 30.6. The maximum Gasteiger partial charge on any atom is 0.421 e. The van der Waals surface area contributed by atoms with E-state index < -0.39 is 16.1 Å². The van der Waals surface area contributed by atoms with Crippen molar-refractivity contribution in [3.8, 4) is 5.75 Å². The van der Waals surface area contributed by atoms with Gasteiger partial charge >= 0.3 is 6.09 Å². The molecule has 10 atom stereocenters. The molecule has 0 aliphatic heterocycles. The number of fused-ring (bicyclic) bond motifs is 5. The smallest absolute Gasteiger partial charge is 0.421 e. The number of hydrogen-bond donors (Lipinski definition) is 3. The van der Waals surface area contributed by atoms with Crippen LogP contribution in [0.25, 0.3) is 0 Å². The summed E-state index contributed by atoms with van der Waals surface area (Å²) >= 11 is 0. The van der Waals surface area contributed by atoms with Crippen LogP contribution in [-0.4, -0.2) is 49.6 Å². The monoisotopic (exact) mass is 617 g/mol. The fraction of sp³-hybridized carbons (Fsp3) is 0.794. The quantitative estimate of drug-likeness (QED) is 0.341. The van der Waals surface area contributed by atoms with Crippen molar-refractivity contribution in [1.29, 1.82) is 0 Å². The normalized spacial score (nSPS) is 40.2. The highest BCUT2D eigenvalue weighted by atomic mass is 32.2. The van der Waals surface area contributed by atoms with Gasteiger partial charge in [0.05, 0.1) is 29.8 Å². The summed E-state index contributed by atoms with van der Waals surface area (Å²) in [5.74, 6) is 2.61. The summed E-state index contributed by atoms with van der Waals surface area (Å²) < 4.78 is 39.2. The zero-order valence-electron chi connectivity index (χ0n) is 26.0. The van der Waals surface area contributed by atoms with Crippen molar-refractivity contribution in [3.05, 3.63) is 24.3 Å². The van der Waals surface area contributed by atoms with Crippen LogP contribution in [0.2, 0.25) is 0 Å². The molecule has 0 saturated heterocycles. The largest absolute Gasteiger partial charge is 0.490 e. The van der Waals surface area contributed by atoms with Crippen LogP contribution in [0.4, 0.5) is 4.79 Å². The van der Waals surface area contributed by atoms with Crippen LogP contribution in [-0.2, 0) is 14.8 Å². The molecule has 1 aromatic rings. The van der Waals surface area contributed by atoms with E-state index in [1.54, 1.807) is 12.1 Å². The Morgan fingerprint density at radius 2 is 1.63 bits per heavy atom. The molecule has 0 aromatic heterocycles. The first-order valence-corrected chi connectivity index (χ1v) is 18.2. The average Bonchev–Trinajstić information content (AvgIpc) is 3.60. The van der Waals surface area contributed by atoms with Gasteiger partial charge in [0, 0.05) is 0 Å². The van der Waals surface area contributed by atoms with Crippen LogP contribution in [0, 0.1) is 46.3 Å². The highest BCUT2D eigenvalue weighted by Gasteiger charge is 2.63. The minimum atomic E-state index is -4.06. The van der Waals surface area contributed by atoms with Gasteiger partial charge in [-0.15, -0.1) is 0 Å². The number of ether oxygens (including phenoxy) is 2. The number of benzene rings is 1. The SMILES string of the molecule is C[C@H](COC(=O)NS(=O)(=O)c1ccc(OC2CCCC2)cc1)[C@H]1CC[C@H]2[C@@H]3[C@H](O)C[C@@H]4C[C@H](O)CC[C@]4(C)[C@H]3CC[C@]12C. The molecule has 8 nitrogen and oxygen atoms in total. The van der Waals surface area contributed by atoms with Gasteiger partial charge in [0.2, 0.25) is 0 Å². The fourth-order valence-corrected chi connectivity index (χ4v) is 11.5. The Morgan fingerprint density at radius 3 is 2.35 bits per heavy atom. The van der Waals surface area contributed by atoms with Gasteiger partial charge in [0.1, 0.15) is 5.75 Å². The number of sulfonamides is 1. The number of aliphatic hydroxyl groups is 2. The van der Waals surface area contributed by atoms with E-state index in [1.165, 1.54) is 12.1 Å². The molecule has 1 aromatic carbocycles. The number of nitrogens with one attached hydrogen (secondary N) is 1. The lowest BCUT2D eigenvalue weighted by Gasteiger charge is -2.62. The van der Waals surface area contributed by atoms with E-state index >= 15 is 0 Å². The molecular formula is C34H51NO7S. The minimum Gasteiger partial charge on any atom is -0.490 e. The molecule has 0 heterocycles. The topological polar surface area (TPSA) is 122 Å². The molecule has 5 fully saturated rings. The first kappa shape index (κ1) is 31.2. The molecule has 0 radical (unpaired) electrons. The molecule has 6 rings (SSSR count). The molecule has 9 heteroatoms. The predicted octanol–water partition coefficient (Wildman–Crippen LogP) is 6.05. The third-order valence-corrected chi connectivity index (χ3v) is 14.2. The molecule has 0 spiro atoms. The van der Waals surface area contributed by atoms with E-state index in [2.05, 4.69) is 25.5 Å². The number of carbonyl (C=O) groups is 1. The maximum atomic E-state index is 12.9. The lowest BCUT2D eigenvalue weighted by atomic mass is 9.43. The van der Waals surface area contributed by atoms with Crippen molar-refractivity contribution in [2.75, 3.05) is 6.61 Å². The third kappa shape index (κ3) is 5.83. The molecule has 3 N–H and O–H groups in total. The molecule has 5 saturated carbocycles. The van der Waals surface area contributed by atoms with E-state index in [0.29, 0.717) is 29.4 Å². The molecule has 1 amide bonds. The number of hydrogen-bond acceptors (Lipinski definition) is 7. The Hall–Kier alpha value is -1.84. The molecule has 5 aliphatic rings. The van der Waals surface area contributed by atoms with Crippen LogP contribution in [0.5, 0.6) is 5.75 Å². The Kier molecular flexibility index (Phi) is 8.57. The highest BCUT2D eigenvalue weighted by Crippen LogP contribution is 2.68. The molecular weight excluding hydrogens is 566 g/mol. The predicted molar refractivity (Wildman–Crippen MR) is 163 cm³/mol. The zero-order valence-corrected chi connectivity index (χ0v) is 26.9. The molecule has 0 unspecified atom stereocenters. The standard InChI is InChI=1S/C34H51NO7S/c1-21(20-41-32(38)35-43(39,40)26-10-8-25(9-11-26)42-24-6-4-5-7-24)27-12-13-28-31-29(15-17-34(27,28)3)33(2)16-14-23(36)18-22(33)19-30(31)37/h8-11,21-24,27-31,36-37H,4-7,12-20H2,1-3H3,(H,35,38)/t21-,22+,23-,27-,28+,29+,30-,31+,33+,34-/m1/s1. The first-order valence-electron chi connectivity index (χ1n) is 16.7. The number of amides is 1. The second-order valence-electron chi connectivity index (χ2n) is 15.1. The van der Waals surface area contributed by atoms with Crippen LogP contribution in [0.3, 0.4) is 0 Å². The van der Waals surface area contributed by atoms with Gasteiger partial charge in [-0.25, -0.2) is 17.9 Å². The van der Waals surface area contributed by atoms with Crippen LogP contribution < -0.4 is 9.46 Å². The van der Waals surface area contributed by atoms with Crippen molar-refractivity contribution in [2.24, 2.45) is 46.3 Å². The van der Waals surface area contributed by atoms with E-state index in [1.807, 2.05) is 0 Å². The Balaban J connectivity index is 1.04. The second-order valence-corrected chi connectivity index (χ2v) is 16.8. The summed E-state index contributed by atoms with van der Waals surface area (Å²) in [5.41, 5.74) is 0.233. The summed E-state index contributed by atoms with van der Waals surface area (Å²) in [6.07, 6.45) is 10.8. The lowest BCUT2D eigenvalue weighted by molar-refractivity contribution is -0.174. The van der Waals surface area contributed by atoms with Gasteiger partial charge in [-0.3, -0.25) is 0 Å². The van der Waals surface area contributed by atoms with E-state index in [0.717, 1.165) is 77.0 Å². The molecule has 43 heavy (non-hydrogen) atoms. The lowest BCUT2D eigenvalue weighted by Crippen LogP contribution is -2.58.